The van der Waals surface area contributed by atoms with E-state index in [9.17, 15) is 13.2 Å². The van der Waals surface area contributed by atoms with Crippen LogP contribution in [0.5, 0.6) is 0 Å². The number of amides is 1. The largest absolute Gasteiger partial charge is 0.398 e. The van der Waals surface area contributed by atoms with Gasteiger partial charge in [0.15, 0.2) is 0 Å². The number of pyridine rings is 1. The van der Waals surface area contributed by atoms with Crippen LogP contribution in [0.15, 0.2) is 53.7 Å². The van der Waals surface area contributed by atoms with Crippen molar-refractivity contribution in [3.05, 3.63) is 64.9 Å². The minimum absolute atomic E-state index is 0.0366. The van der Waals surface area contributed by atoms with Gasteiger partial charge in [0.1, 0.15) is 0 Å². The van der Waals surface area contributed by atoms with E-state index in [-0.39, 0.29) is 17.3 Å². The van der Waals surface area contributed by atoms with Crippen LogP contribution in [0.1, 0.15) is 18.1 Å². The van der Waals surface area contributed by atoms with E-state index in [2.05, 4.69) is 4.98 Å². The van der Waals surface area contributed by atoms with Gasteiger partial charge in [0.2, 0.25) is 5.91 Å². The molecule has 2 heterocycles. The summed E-state index contributed by atoms with van der Waals surface area (Å²) in [5, 5.41) is 2.67. The lowest BCUT2D eigenvalue weighted by molar-refractivity contribution is -0.129. The molecule has 0 saturated carbocycles. The normalized spacial score (nSPS) is 13.4. The Hall–Kier alpha value is -2.35. The zero-order chi connectivity index (χ0) is 21.2. The molecule has 1 aliphatic heterocycles. The first kappa shape index (κ1) is 21.4. The third-order valence-electron chi connectivity index (χ3n) is 4.73. The smallest absolute Gasteiger partial charge is 0.261 e. The van der Waals surface area contributed by atoms with Crippen LogP contribution in [0.4, 0.5) is 5.69 Å². The zero-order valence-corrected chi connectivity index (χ0v) is 17.9. The molecule has 2 aromatic carbocycles. The predicted octanol–water partition coefficient (Wildman–Crippen LogP) is 3.99. The summed E-state index contributed by atoms with van der Waals surface area (Å²) in [7, 11) is 1.57. The minimum atomic E-state index is -3.83. The van der Waals surface area contributed by atoms with Crippen molar-refractivity contribution >= 4 is 53.7 Å². The van der Waals surface area contributed by atoms with Crippen molar-refractivity contribution in [2.45, 2.75) is 24.8 Å². The molecular formula is C20H19Cl2N3O3S. The Morgan fingerprint density at radius 3 is 2.59 bits per heavy atom. The first-order valence-electron chi connectivity index (χ1n) is 8.77. The summed E-state index contributed by atoms with van der Waals surface area (Å²) >= 11 is 6.05. The standard InChI is InChI=1S/C11H11Cl2NO3S.C9H8N2/c1-7(15)14-5-4-8-9(6-14)11(18(13,16)17)3-2-10(8)12;10-9-3-1-2-7-6-11-5-4-8(7)9/h2-3H,4-6H2,1H3;1-6H,10H2. The summed E-state index contributed by atoms with van der Waals surface area (Å²) in [6.07, 6.45) is 4.10. The lowest BCUT2D eigenvalue weighted by Crippen LogP contribution is -2.35. The highest BCUT2D eigenvalue weighted by Crippen LogP contribution is 2.32. The molecule has 0 bridgehead atoms. The fraction of sp³-hybridized carbons (Fsp3) is 0.200. The Morgan fingerprint density at radius 1 is 1.17 bits per heavy atom. The second kappa shape index (κ2) is 8.57. The van der Waals surface area contributed by atoms with E-state index in [1.807, 2.05) is 30.5 Å². The molecule has 0 saturated heterocycles. The fourth-order valence-corrected chi connectivity index (χ4v) is 4.67. The molecule has 0 radical (unpaired) electrons. The van der Waals surface area contributed by atoms with Gasteiger partial charge in [0.25, 0.3) is 9.05 Å². The van der Waals surface area contributed by atoms with Gasteiger partial charge >= 0.3 is 0 Å². The zero-order valence-electron chi connectivity index (χ0n) is 15.6. The van der Waals surface area contributed by atoms with Crippen molar-refractivity contribution in [2.75, 3.05) is 12.3 Å². The van der Waals surface area contributed by atoms with Crippen LogP contribution >= 0.6 is 22.3 Å². The van der Waals surface area contributed by atoms with Crippen molar-refractivity contribution in [3.8, 4) is 0 Å². The second-order valence-electron chi connectivity index (χ2n) is 6.58. The van der Waals surface area contributed by atoms with E-state index in [1.165, 1.54) is 19.1 Å². The van der Waals surface area contributed by atoms with E-state index in [1.54, 1.807) is 11.1 Å². The minimum Gasteiger partial charge on any atom is -0.398 e. The van der Waals surface area contributed by atoms with E-state index >= 15 is 0 Å². The number of anilines is 1. The van der Waals surface area contributed by atoms with Gasteiger partial charge < -0.3 is 10.6 Å². The van der Waals surface area contributed by atoms with Crippen LogP contribution in [-0.2, 0) is 26.8 Å². The monoisotopic (exact) mass is 451 g/mol. The quantitative estimate of drug-likeness (QED) is 0.445. The van der Waals surface area contributed by atoms with Gasteiger partial charge in [-0.15, -0.1) is 0 Å². The number of rotatable bonds is 1. The average Bonchev–Trinajstić information content (AvgIpc) is 2.68. The van der Waals surface area contributed by atoms with Crippen LogP contribution in [0, 0.1) is 0 Å². The first-order valence-corrected chi connectivity index (χ1v) is 11.5. The Kier molecular flexibility index (Phi) is 6.31. The highest BCUT2D eigenvalue weighted by molar-refractivity contribution is 8.13. The van der Waals surface area contributed by atoms with Gasteiger partial charge in [-0.2, -0.15) is 0 Å². The number of nitrogen functional groups attached to an aromatic ring is 1. The molecular weight excluding hydrogens is 433 g/mol. The Bertz CT molecular complexity index is 1180. The molecule has 9 heteroatoms. The van der Waals surface area contributed by atoms with Crippen molar-refractivity contribution in [2.24, 2.45) is 0 Å². The van der Waals surface area contributed by atoms with Gasteiger partial charge in [-0.3, -0.25) is 9.78 Å². The highest BCUT2D eigenvalue weighted by atomic mass is 35.7. The molecule has 3 aromatic rings. The van der Waals surface area contributed by atoms with Gasteiger partial charge in [-0.05, 0) is 41.8 Å². The molecule has 4 rings (SSSR count). The maximum Gasteiger partial charge on any atom is 0.261 e. The lowest BCUT2D eigenvalue weighted by atomic mass is 9.99. The van der Waals surface area contributed by atoms with Gasteiger partial charge in [0, 0.05) is 64.6 Å². The molecule has 1 amide bonds. The van der Waals surface area contributed by atoms with Crippen LogP contribution in [-0.4, -0.2) is 30.8 Å². The molecule has 0 unspecified atom stereocenters. The number of hydrogen-bond donors (Lipinski definition) is 1. The lowest BCUT2D eigenvalue weighted by Gasteiger charge is -2.29. The van der Waals surface area contributed by atoms with E-state index < -0.39 is 9.05 Å². The summed E-state index contributed by atoms with van der Waals surface area (Å²) in [5.41, 5.74) is 7.83. The molecule has 2 N–H and O–H groups in total. The molecule has 0 aliphatic carbocycles. The van der Waals surface area contributed by atoms with Crippen molar-refractivity contribution < 1.29 is 13.2 Å². The third-order valence-corrected chi connectivity index (χ3v) is 6.49. The topological polar surface area (TPSA) is 93.4 Å². The van der Waals surface area contributed by atoms with Gasteiger partial charge in [-0.25, -0.2) is 8.42 Å². The Labute approximate surface area is 178 Å². The summed E-state index contributed by atoms with van der Waals surface area (Å²) in [6.45, 7) is 2.21. The summed E-state index contributed by atoms with van der Waals surface area (Å²) in [6, 6.07) is 10.7. The van der Waals surface area contributed by atoms with Gasteiger partial charge in [0.05, 0.1) is 4.90 Å². The number of aromatic nitrogens is 1. The van der Waals surface area contributed by atoms with Crippen LogP contribution in [0.3, 0.4) is 0 Å². The van der Waals surface area contributed by atoms with E-state index in [0.29, 0.717) is 23.6 Å². The number of nitrogens with zero attached hydrogens (tertiary/aromatic N) is 2. The van der Waals surface area contributed by atoms with Crippen LogP contribution in [0.25, 0.3) is 10.8 Å². The first-order chi connectivity index (χ1) is 13.7. The average molecular weight is 452 g/mol. The maximum absolute atomic E-state index is 11.5. The number of fused-ring (bicyclic) bond motifs is 2. The SMILES string of the molecule is CC(=O)N1CCc2c(Cl)ccc(S(=O)(=O)Cl)c2C1.Nc1cccc2cnccc12. The van der Waals surface area contributed by atoms with Crippen LogP contribution < -0.4 is 5.73 Å². The number of hydrogen-bond acceptors (Lipinski definition) is 5. The summed E-state index contributed by atoms with van der Waals surface area (Å²) in [4.78, 5) is 17.0. The van der Waals surface area contributed by atoms with Crippen molar-refractivity contribution in [1.29, 1.82) is 0 Å². The fourth-order valence-electron chi connectivity index (χ4n) is 3.25. The van der Waals surface area contributed by atoms with E-state index in [0.717, 1.165) is 22.0 Å². The Morgan fingerprint density at radius 2 is 1.93 bits per heavy atom. The molecule has 29 heavy (non-hydrogen) atoms. The number of halogens is 2. The maximum atomic E-state index is 11.5. The molecule has 152 valence electrons. The summed E-state index contributed by atoms with van der Waals surface area (Å²) < 4.78 is 23.0. The Balaban J connectivity index is 0.000000186. The predicted molar refractivity (Wildman–Crippen MR) is 115 cm³/mol. The molecule has 1 aliphatic rings. The van der Waals surface area contributed by atoms with Gasteiger partial charge in [-0.1, -0.05) is 23.7 Å². The summed E-state index contributed by atoms with van der Waals surface area (Å²) in [5.74, 6) is -0.0986. The highest BCUT2D eigenvalue weighted by Gasteiger charge is 2.26. The number of carbonyl (C=O) groups excluding carboxylic acids is 1. The number of benzene rings is 2. The van der Waals surface area contributed by atoms with Crippen LogP contribution in [0.2, 0.25) is 5.02 Å². The molecule has 0 spiro atoms. The number of nitrogens with two attached hydrogens (primary N) is 1. The molecule has 0 fully saturated rings. The van der Waals surface area contributed by atoms with Crippen molar-refractivity contribution in [1.82, 2.24) is 9.88 Å². The van der Waals surface area contributed by atoms with E-state index in [4.69, 9.17) is 28.0 Å². The molecule has 0 atom stereocenters. The van der Waals surface area contributed by atoms with Crippen molar-refractivity contribution in [3.63, 3.8) is 0 Å². The molecule has 6 nitrogen and oxygen atoms in total. The number of carbonyl (C=O) groups is 1. The third kappa shape index (κ3) is 4.80. The second-order valence-corrected chi connectivity index (χ2v) is 9.52. The molecule has 1 aromatic heterocycles.